The maximum Gasteiger partial charge on any atom is 0.251 e. The van der Waals surface area contributed by atoms with Gasteiger partial charge in [0.1, 0.15) is 5.54 Å². The molecule has 0 saturated heterocycles. The van der Waals surface area contributed by atoms with E-state index in [0.29, 0.717) is 11.1 Å². The van der Waals surface area contributed by atoms with E-state index in [4.69, 9.17) is 4.74 Å². The van der Waals surface area contributed by atoms with Gasteiger partial charge in [-0.15, -0.1) is 0 Å². The second-order valence-corrected chi connectivity index (χ2v) is 6.12. The van der Waals surface area contributed by atoms with Gasteiger partial charge in [-0.3, -0.25) is 9.59 Å². The number of hydrogen-bond donors (Lipinski definition) is 3. The highest BCUT2D eigenvalue weighted by Crippen LogP contribution is 2.36. The molecule has 6 heteroatoms. The Morgan fingerprint density at radius 2 is 1.68 bits per heavy atom. The Kier molecular flexibility index (Phi) is 4.67. The third kappa shape index (κ3) is 2.95. The molecule has 0 bridgehead atoms. The van der Waals surface area contributed by atoms with Gasteiger partial charge in [0.2, 0.25) is 0 Å². The van der Waals surface area contributed by atoms with Crippen LogP contribution in [-0.4, -0.2) is 54.4 Å². The van der Waals surface area contributed by atoms with Crippen molar-refractivity contribution < 1.29 is 24.5 Å². The Morgan fingerprint density at radius 1 is 1.04 bits per heavy atom. The van der Waals surface area contributed by atoms with Gasteiger partial charge in [-0.25, -0.2) is 0 Å². The fourth-order valence-electron chi connectivity index (χ4n) is 3.02. The first-order chi connectivity index (χ1) is 12.0. The van der Waals surface area contributed by atoms with Crippen LogP contribution in [0, 0.1) is 0 Å². The van der Waals surface area contributed by atoms with E-state index >= 15 is 0 Å². The highest BCUT2D eigenvalue weighted by Gasteiger charge is 2.32. The lowest BCUT2D eigenvalue weighted by Gasteiger charge is -2.30. The lowest BCUT2D eigenvalue weighted by atomic mass is 10.00. The van der Waals surface area contributed by atoms with Gasteiger partial charge in [0.05, 0.1) is 19.8 Å². The number of aliphatic hydroxyl groups excluding tert-OH is 2. The molecular weight excluding hydrogens is 322 g/mol. The minimum atomic E-state index is -1.28. The smallest absolute Gasteiger partial charge is 0.251 e. The minimum Gasteiger partial charge on any atom is -0.394 e. The van der Waals surface area contributed by atoms with Crippen LogP contribution in [0.2, 0.25) is 0 Å². The van der Waals surface area contributed by atoms with Crippen molar-refractivity contribution in [3.8, 4) is 11.1 Å². The Morgan fingerprint density at radius 3 is 2.32 bits per heavy atom. The van der Waals surface area contributed by atoms with Crippen molar-refractivity contribution in [2.24, 2.45) is 0 Å². The van der Waals surface area contributed by atoms with E-state index < -0.39 is 24.7 Å². The molecule has 0 fully saturated rings. The van der Waals surface area contributed by atoms with Crippen LogP contribution < -0.4 is 5.32 Å². The average Bonchev–Trinajstić information content (AvgIpc) is 2.93. The van der Waals surface area contributed by atoms with Crippen LogP contribution in [0.4, 0.5) is 0 Å². The fraction of sp³-hybridized carbons (Fsp3) is 0.263. The second-order valence-electron chi connectivity index (χ2n) is 6.12. The van der Waals surface area contributed by atoms with E-state index in [1.807, 2.05) is 12.1 Å². The molecule has 0 aliphatic heterocycles. The highest BCUT2D eigenvalue weighted by molar-refractivity contribution is 6.22. The number of carbonyl (C=O) groups is 2. The summed E-state index contributed by atoms with van der Waals surface area (Å²) in [4.78, 5) is 25.1. The number of carbonyl (C=O) groups excluding carboxylic acids is 2. The van der Waals surface area contributed by atoms with Crippen LogP contribution in [-0.2, 0) is 4.74 Å². The molecule has 1 amide bonds. The molecule has 0 unspecified atom stereocenters. The van der Waals surface area contributed by atoms with Crippen molar-refractivity contribution in [3.63, 3.8) is 0 Å². The number of amides is 1. The van der Waals surface area contributed by atoms with Crippen molar-refractivity contribution in [2.45, 2.75) is 5.54 Å². The van der Waals surface area contributed by atoms with Crippen molar-refractivity contribution in [3.05, 3.63) is 59.2 Å². The van der Waals surface area contributed by atoms with Gasteiger partial charge >= 0.3 is 0 Å². The molecule has 0 saturated carbocycles. The first-order valence-corrected chi connectivity index (χ1v) is 7.86. The molecular formula is C19H19NO5. The van der Waals surface area contributed by atoms with Crippen LogP contribution in [0.3, 0.4) is 0 Å². The Bertz CT molecular complexity index is 826. The van der Waals surface area contributed by atoms with E-state index in [-0.39, 0.29) is 18.0 Å². The quantitative estimate of drug-likeness (QED) is 0.622. The van der Waals surface area contributed by atoms with Gasteiger partial charge in [0, 0.05) is 23.8 Å². The molecule has 2 aromatic carbocycles. The summed E-state index contributed by atoms with van der Waals surface area (Å²) in [5.74, 6) is -0.612. The summed E-state index contributed by atoms with van der Waals surface area (Å²) >= 11 is 0. The Hall–Kier alpha value is -2.54. The topological polar surface area (TPSA) is 95.9 Å². The maximum atomic E-state index is 12.5. The maximum absolute atomic E-state index is 12.5. The number of nitrogens with one attached hydrogen (secondary N) is 1. The summed E-state index contributed by atoms with van der Waals surface area (Å²) in [6.45, 7) is -0.988. The van der Waals surface area contributed by atoms with Gasteiger partial charge in [0.25, 0.3) is 5.91 Å². The van der Waals surface area contributed by atoms with E-state index in [1.165, 1.54) is 7.11 Å². The van der Waals surface area contributed by atoms with Crippen LogP contribution >= 0.6 is 0 Å². The zero-order chi connectivity index (χ0) is 18.0. The summed E-state index contributed by atoms with van der Waals surface area (Å²) in [6.07, 6.45) is 0. The fourth-order valence-corrected chi connectivity index (χ4v) is 3.02. The van der Waals surface area contributed by atoms with Crippen LogP contribution in [0.1, 0.15) is 26.3 Å². The van der Waals surface area contributed by atoms with Gasteiger partial charge in [0.15, 0.2) is 5.78 Å². The molecule has 25 heavy (non-hydrogen) atoms. The molecule has 130 valence electrons. The van der Waals surface area contributed by atoms with Crippen molar-refractivity contribution in [2.75, 3.05) is 26.9 Å². The van der Waals surface area contributed by atoms with Crippen LogP contribution in [0.5, 0.6) is 0 Å². The van der Waals surface area contributed by atoms with Crippen LogP contribution in [0.25, 0.3) is 11.1 Å². The molecule has 3 rings (SSSR count). The van der Waals surface area contributed by atoms with E-state index in [0.717, 1.165) is 11.1 Å². The van der Waals surface area contributed by atoms with Gasteiger partial charge in [-0.1, -0.05) is 30.3 Å². The number of hydrogen-bond acceptors (Lipinski definition) is 5. The molecule has 3 N–H and O–H groups in total. The molecule has 6 nitrogen and oxygen atoms in total. The Labute approximate surface area is 145 Å². The summed E-state index contributed by atoms with van der Waals surface area (Å²) in [5.41, 5.74) is 1.74. The minimum absolute atomic E-state index is 0.0406. The number of rotatable bonds is 6. The lowest BCUT2D eigenvalue weighted by Crippen LogP contribution is -2.57. The number of aliphatic hydroxyl groups is 2. The molecule has 2 aromatic rings. The molecule has 0 atom stereocenters. The molecule has 0 radical (unpaired) electrons. The third-order valence-electron chi connectivity index (χ3n) is 4.39. The number of ether oxygens (including phenoxy) is 1. The summed E-state index contributed by atoms with van der Waals surface area (Å²) < 4.78 is 4.97. The zero-order valence-electron chi connectivity index (χ0n) is 13.8. The van der Waals surface area contributed by atoms with Crippen molar-refractivity contribution in [1.82, 2.24) is 5.32 Å². The monoisotopic (exact) mass is 341 g/mol. The summed E-state index contributed by atoms with van der Waals surface area (Å²) in [5, 5.41) is 21.6. The second kappa shape index (κ2) is 6.76. The first kappa shape index (κ1) is 17.3. The van der Waals surface area contributed by atoms with Crippen molar-refractivity contribution in [1.29, 1.82) is 0 Å². The average molecular weight is 341 g/mol. The summed E-state index contributed by atoms with van der Waals surface area (Å²) in [7, 11) is 1.41. The largest absolute Gasteiger partial charge is 0.394 e. The lowest BCUT2D eigenvalue weighted by molar-refractivity contribution is 0.0221. The number of methoxy groups -OCH3 is 1. The molecule has 1 aliphatic carbocycles. The third-order valence-corrected chi connectivity index (χ3v) is 4.39. The molecule has 0 aromatic heterocycles. The van der Waals surface area contributed by atoms with Gasteiger partial charge in [-0.05, 0) is 23.3 Å². The molecule has 0 heterocycles. The highest BCUT2D eigenvalue weighted by atomic mass is 16.5. The number of ketones is 1. The van der Waals surface area contributed by atoms with E-state index in [2.05, 4.69) is 5.32 Å². The zero-order valence-corrected chi connectivity index (χ0v) is 13.8. The predicted octanol–water partition coefficient (Wildman–Crippen LogP) is 0.998. The predicted molar refractivity (Wildman–Crippen MR) is 91.6 cm³/mol. The SMILES string of the molecule is COCC(CO)(CO)NC(=O)c1ccc2c(c1)C(=O)c1ccccc1-2. The number of benzene rings is 2. The normalized spacial score (nSPS) is 12.7. The Balaban J connectivity index is 1.91. The van der Waals surface area contributed by atoms with E-state index in [1.54, 1.807) is 30.3 Å². The number of fused-ring (bicyclic) bond motifs is 3. The summed E-state index contributed by atoms with van der Waals surface area (Å²) in [6, 6.07) is 12.2. The molecule has 1 aliphatic rings. The van der Waals surface area contributed by atoms with E-state index in [9.17, 15) is 19.8 Å². The molecule has 0 spiro atoms. The first-order valence-electron chi connectivity index (χ1n) is 7.86. The van der Waals surface area contributed by atoms with Crippen LogP contribution in [0.15, 0.2) is 42.5 Å². The van der Waals surface area contributed by atoms with Gasteiger partial charge in [-0.2, -0.15) is 0 Å². The van der Waals surface area contributed by atoms with Crippen molar-refractivity contribution >= 4 is 11.7 Å². The van der Waals surface area contributed by atoms with Gasteiger partial charge < -0.3 is 20.3 Å². The standard InChI is InChI=1S/C19H19NO5/c1-25-11-19(9-21,10-22)20-18(24)12-6-7-14-13-4-2-3-5-15(13)17(23)16(14)8-12/h2-8,21-22H,9-11H2,1H3,(H,20,24).